The maximum atomic E-state index is 13.5. The van der Waals surface area contributed by atoms with Gasteiger partial charge in [0.2, 0.25) is 0 Å². The van der Waals surface area contributed by atoms with Crippen LogP contribution in [0.5, 0.6) is 5.75 Å². The van der Waals surface area contributed by atoms with Gasteiger partial charge < -0.3 is 10.1 Å². The van der Waals surface area contributed by atoms with Gasteiger partial charge in [-0.2, -0.15) is 0 Å². The number of halogens is 1. The van der Waals surface area contributed by atoms with E-state index in [1.807, 2.05) is 49.4 Å². The second-order valence-corrected chi connectivity index (χ2v) is 6.00. The van der Waals surface area contributed by atoms with Crippen LogP contribution >= 0.6 is 0 Å². The van der Waals surface area contributed by atoms with Crippen molar-refractivity contribution in [2.45, 2.75) is 13.0 Å². The molecule has 0 aliphatic rings. The van der Waals surface area contributed by atoms with Crippen LogP contribution in [0.4, 0.5) is 4.39 Å². The summed E-state index contributed by atoms with van der Waals surface area (Å²) in [5.41, 5.74) is 3.26. The molecule has 1 N–H and O–H groups in total. The zero-order chi connectivity index (χ0) is 18.4. The number of ether oxygens (including phenoxy) is 1. The molecule has 26 heavy (non-hydrogen) atoms. The van der Waals surface area contributed by atoms with Crippen LogP contribution in [0.3, 0.4) is 0 Å². The minimum Gasteiger partial charge on any atom is -0.481 e. The molecule has 0 aliphatic carbocycles. The van der Waals surface area contributed by atoms with Gasteiger partial charge >= 0.3 is 0 Å². The van der Waals surface area contributed by atoms with Crippen molar-refractivity contribution in [3.8, 4) is 16.9 Å². The lowest BCUT2D eigenvalue weighted by atomic mass is 10.0. The van der Waals surface area contributed by atoms with Crippen molar-refractivity contribution >= 4 is 5.91 Å². The van der Waals surface area contributed by atoms with Gasteiger partial charge in [-0.15, -0.1) is 0 Å². The molecule has 1 atom stereocenters. The fourth-order valence-electron chi connectivity index (χ4n) is 2.67. The smallest absolute Gasteiger partial charge is 0.258 e. The quantitative estimate of drug-likeness (QED) is 0.697. The van der Waals surface area contributed by atoms with Gasteiger partial charge in [0.05, 0.1) is 6.04 Å². The molecule has 3 aromatic rings. The molecule has 3 aromatic carbocycles. The third-order valence-corrected chi connectivity index (χ3v) is 4.09. The number of rotatable bonds is 6. The van der Waals surface area contributed by atoms with Gasteiger partial charge in [-0.05, 0) is 35.7 Å². The number of amides is 1. The van der Waals surface area contributed by atoms with Crippen LogP contribution in [-0.2, 0) is 4.79 Å². The molecule has 3 rings (SSSR count). The molecule has 0 aromatic heterocycles. The lowest BCUT2D eigenvalue weighted by molar-refractivity contribution is -0.123. The summed E-state index contributed by atoms with van der Waals surface area (Å²) in [5, 5.41) is 2.86. The highest BCUT2D eigenvalue weighted by atomic mass is 19.1. The standard InChI is InChI=1S/C22H20FNO2/c1-16(24-22(25)15-26-21-10-6-5-9-20(21)23)17-11-13-19(14-12-17)18-7-3-2-4-8-18/h2-14,16H,15H2,1H3,(H,24,25)/t16-/m1/s1. The van der Waals surface area contributed by atoms with Crippen LogP contribution in [0.15, 0.2) is 78.9 Å². The van der Waals surface area contributed by atoms with Crippen molar-refractivity contribution in [3.05, 3.63) is 90.2 Å². The Morgan fingerprint density at radius 3 is 2.23 bits per heavy atom. The molecule has 0 heterocycles. The lowest BCUT2D eigenvalue weighted by Crippen LogP contribution is -2.31. The number of hydrogen-bond acceptors (Lipinski definition) is 2. The van der Waals surface area contributed by atoms with Gasteiger partial charge in [-0.1, -0.05) is 66.7 Å². The summed E-state index contributed by atoms with van der Waals surface area (Å²) in [5.74, 6) is -0.708. The van der Waals surface area contributed by atoms with Crippen LogP contribution in [-0.4, -0.2) is 12.5 Å². The van der Waals surface area contributed by atoms with E-state index in [0.29, 0.717) is 0 Å². The third-order valence-electron chi connectivity index (χ3n) is 4.09. The second-order valence-electron chi connectivity index (χ2n) is 6.00. The van der Waals surface area contributed by atoms with Gasteiger partial charge in [0.25, 0.3) is 5.91 Å². The van der Waals surface area contributed by atoms with E-state index in [4.69, 9.17) is 4.74 Å². The first kappa shape index (κ1) is 17.7. The molecule has 132 valence electrons. The molecular weight excluding hydrogens is 329 g/mol. The topological polar surface area (TPSA) is 38.3 Å². The van der Waals surface area contributed by atoms with E-state index in [9.17, 15) is 9.18 Å². The van der Waals surface area contributed by atoms with Crippen molar-refractivity contribution in [2.24, 2.45) is 0 Å². The maximum Gasteiger partial charge on any atom is 0.258 e. The van der Waals surface area contributed by atoms with Gasteiger partial charge in [-0.3, -0.25) is 4.79 Å². The zero-order valence-electron chi connectivity index (χ0n) is 14.5. The van der Waals surface area contributed by atoms with Gasteiger partial charge in [0, 0.05) is 0 Å². The fraction of sp³-hybridized carbons (Fsp3) is 0.136. The van der Waals surface area contributed by atoms with Crippen LogP contribution < -0.4 is 10.1 Å². The first-order chi connectivity index (χ1) is 12.6. The summed E-state index contributed by atoms with van der Waals surface area (Å²) in [4.78, 5) is 12.0. The first-order valence-corrected chi connectivity index (χ1v) is 8.45. The molecule has 4 heteroatoms. The number of nitrogens with one attached hydrogen (secondary N) is 1. The average molecular weight is 349 g/mol. The summed E-state index contributed by atoms with van der Waals surface area (Å²) in [6.45, 7) is 1.67. The summed E-state index contributed by atoms with van der Waals surface area (Å²) >= 11 is 0. The van der Waals surface area contributed by atoms with E-state index in [0.717, 1.165) is 16.7 Å². The predicted molar refractivity (Wildman–Crippen MR) is 100 cm³/mol. The van der Waals surface area contributed by atoms with Gasteiger partial charge in [0.15, 0.2) is 18.2 Å². The molecule has 0 saturated carbocycles. The van der Waals surface area contributed by atoms with Crippen LogP contribution in [0.1, 0.15) is 18.5 Å². The minimum absolute atomic E-state index is 0.0718. The monoisotopic (exact) mass is 349 g/mol. The molecule has 0 unspecified atom stereocenters. The summed E-state index contributed by atoms with van der Waals surface area (Å²) in [6, 6.07) is 24.0. The Morgan fingerprint density at radius 1 is 0.923 bits per heavy atom. The SMILES string of the molecule is C[C@@H](NC(=O)COc1ccccc1F)c1ccc(-c2ccccc2)cc1. The molecule has 3 nitrogen and oxygen atoms in total. The molecule has 0 radical (unpaired) electrons. The van der Waals surface area contributed by atoms with Crippen LogP contribution in [0.25, 0.3) is 11.1 Å². The molecule has 0 fully saturated rings. The third kappa shape index (κ3) is 4.48. The largest absolute Gasteiger partial charge is 0.481 e. The zero-order valence-corrected chi connectivity index (χ0v) is 14.5. The van der Waals surface area contributed by atoms with E-state index >= 15 is 0 Å². The van der Waals surface area contributed by atoms with Gasteiger partial charge in [0.1, 0.15) is 0 Å². The normalized spacial score (nSPS) is 11.6. The number of benzene rings is 3. The molecular formula is C22H20FNO2. The Labute approximate surface area is 152 Å². The fourth-order valence-corrected chi connectivity index (χ4v) is 2.67. The highest BCUT2D eigenvalue weighted by molar-refractivity contribution is 5.78. The van der Waals surface area contributed by atoms with E-state index in [2.05, 4.69) is 17.4 Å². The molecule has 0 spiro atoms. The first-order valence-electron chi connectivity index (χ1n) is 8.45. The second kappa shape index (κ2) is 8.30. The van der Waals surface area contributed by atoms with Crippen LogP contribution in [0.2, 0.25) is 0 Å². The summed E-state index contributed by atoms with van der Waals surface area (Å²) in [7, 11) is 0. The van der Waals surface area contributed by atoms with E-state index in [1.54, 1.807) is 12.1 Å². The number of hydrogen-bond donors (Lipinski definition) is 1. The Bertz CT molecular complexity index is 863. The molecule has 0 bridgehead atoms. The highest BCUT2D eigenvalue weighted by Gasteiger charge is 2.11. The molecule has 0 aliphatic heterocycles. The molecule has 0 saturated heterocycles. The van der Waals surface area contributed by atoms with E-state index in [1.165, 1.54) is 12.1 Å². The highest BCUT2D eigenvalue weighted by Crippen LogP contribution is 2.22. The van der Waals surface area contributed by atoms with Crippen molar-refractivity contribution in [2.75, 3.05) is 6.61 Å². The van der Waals surface area contributed by atoms with Crippen molar-refractivity contribution in [1.29, 1.82) is 0 Å². The maximum absolute atomic E-state index is 13.5. The van der Waals surface area contributed by atoms with Crippen molar-refractivity contribution in [1.82, 2.24) is 5.32 Å². The minimum atomic E-state index is -0.482. The lowest BCUT2D eigenvalue weighted by Gasteiger charge is -2.15. The predicted octanol–water partition coefficient (Wildman–Crippen LogP) is 4.75. The van der Waals surface area contributed by atoms with E-state index < -0.39 is 5.82 Å². The molecule has 1 amide bonds. The van der Waals surface area contributed by atoms with Crippen LogP contribution in [0, 0.1) is 5.82 Å². The summed E-state index contributed by atoms with van der Waals surface area (Å²) in [6.07, 6.45) is 0. The average Bonchev–Trinajstić information content (AvgIpc) is 2.68. The van der Waals surface area contributed by atoms with Crippen molar-refractivity contribution in [3.63, 3.8) is 0 Å². The van der Waals surface area contributed by atoms with E-state index in [-0.39, 0.29) is 24.3 Å². The Balaban J connectivity index is 1.56. The number of carbonyl (C=O) groups is 1. The number of para-hydroxylation sites is 1. The Kier molecular flexibility index (Phi) is 5.64. The Hall–Kier alpha value is -3.14. The number of carbonyl (C=O) groups excluding carboxylic acids is 1. The van der Waals surface area contributed by atoms with Gasteiger partial charge in [-0.25, -0.2) is 4.39 Å². The Morgan fingerprint density at radius 2 is 1.54 bits per heavy atom. The summed E-state index contributed by atoms with van der Waals surface area (Å²) < 4.78 is 18.7. The van der Waals surface area contributed by atoms with Crippen molar-refractivity contribution < 1.29 is 13.9 Å².